The van der Waals surface area contributed by atoms with E-state index in [9.17, 15) is 4.79 Å². The number of H-pyrrole nitrogens is 1. The Hall–Kier alpha value is -1.75. The molecule has 1 atom stereocenters. The lowest BCUT2D eigenvalue weighted by Gasteiger charge is -2.24. The van der Waals surface area contributed by atoms with Crippen LogP contribution in [0.5, 0.6) is 5.75 Å². The third kappa shape index (κ3) is 3.29. The molecule has 3 rings (SSSR count). The third-order valence-electron chi connectivity index (χ3n) is 3.73. The molecule has 2 aromatic rings. The number of aromatic amines is 1. The van der Waals surface area contributed by atoms with Gasteiger partial charge in [-0.05, 0) is 49.2 Å². The zero-order chi connectivity index (χ0) is 14.7. The minimum absolute atomic E-state index is 0.0371. The van der Waals surface area contributed by atoms with Crippen LogP contribution in [0.3, 0.4) is 0 Å². The second-order valence-electron chi connectivity index (χ2n) is 5.11. The molecule has 1 aromatic heterocycles. The quantitative estimate of drug-likeness (QED) is 0.918. The van der Waals surface area contributed by atoms with E-state index in [1.807, 2.05) is 47.5 Å². The Morgan fingerprint density at radius 1 is 1.33 bits per heavy atom. The number of ether oxygens (including phenoxy) is 1. The molecule has 0 bridgehead atoms. The van der Waals surface area contributed by atoms with Gasteiger partial charge in [-0.1, -0.05) is 15.9 Å². The summed E-state index contributed by atoms with van der Waals surface area (Å²) in [6.45, 7) is 0.880. The fraction of sp³-hybridized carbons (Fsp3) is 0.312. The summed E-state index contributed by atoms with van der Waals surface area (Å²) < 4.78 is 6.57. The van der Waals surface area contributed by atoms with Gasteiger partial charge in [0.15, 0.2) is 6.61 Å². The Bertz CT molecular complexity index is 595. The summed E-state index contributed by atoms with van der Waals surface area (Å²) in [6, 6.07) is 11.7. The number of halogens is 1. The van der Waals surface area contributed by atoms with Gasteiger partial charge in [0.1, 0.15) is 5.75 Å². The van der Waals surface area contributed by atoms with Crippen molar-refractivity contribution in [2.75, 3.05) is 13.2 Å². The van der Waals surface area contributed by atoms with E-state index in [-0.39, 0.29) is 18.6 Å². The first-order valence-corrected chi connectivity index (χ1v) is 7.84. The highest BCUT2D eigenvalue weighted by molar-refractivity contribution is 9.10. The Morgan fingerprint density at radius 3 is 2.86 bits per heavy atom. The van der Waals surface area contributed by atoms with Gasteiger partial charge < -0.3 is 14.6 Å². The van der Waals surface area contributed by atoms with Crippen LogP contribution < -0.4 is 4.74 Å². The number of nitrogens with one attached hydrogen (secondary N) is 1. The number of aromatic nitrogens is 1. The number of carbonyl (C=O) groups excluding carboxylic acids is 1. The van der Waals surface area contributed by atoms with Crippen molar-refractivity contribution in [2.24, 2.45) is 0 Å². The number of nitrogens with zero attached hydrogens (tertiary/aromatic N) is 1. The lowest BCUT2D eigenvalue weighted by atomic mass is 10.1. The Balaban J connectivity index is 1.61. The summed E-state index contributed by atoms with van der Waals surface area (Å²) in [6.07, 6.45) is 3.94. The summed E-state index contributed by atoms with van der Waals surface area (Å²) >= 11 is 3.38. The number of rotatable bonds is 4. The summed E-state index contributed by atoms with van der Waals surface area (Å²) in [7, 11) is 0. The zero-order valence-electron chi connectivity index (χ0n) is 11.6. The van der Waals surface area contributed by atoms with Gasteiger partial charge in [0.25, 0.3) is 5.91 Å². The molecular formula is C16H17BrN2O2. The first-order chi connectivity index (χ1) is 10.2. The summed E-state index contributed by atoms with van der Waals surface area (Å²) in [5.74, 6) is 0.747. The van der Waals surface area contributed by atoms with Crippen LogP contribution in [0.25, 0.3) is 0 Å². The van der Waals surface area contributed by atoms with E-state index in [1.54, 1.807) is 0 Å². The molecule has 5 heteroatoms. The van der Waals surface area contributed by atoms with Crippen molar-refractivity contribution >= 4 is 21.8 Å². The van der Waals surface area contributed by atoms with Crippen LogP contribution in [0.1, 0.15) is 24.6 Å². The first kappa shape index (κ1) is 14.2. The SMILES string of the molecule is O=C(COc1ccc(Br)cc1)N1CCC[C@@H]1c1ccc[nH]1. The zero-order valence-corrected chi connectivity index (χ0v) is 13.2. The number of hydrogen-bond acceptors (Lipinski definition) is 2. The van der Waals surface area contributed by atoms with Crippen LogP contribution in [0.4, 0.5) is 0 Å². The van der Waals surface area contributed by atoms with Crippen molar-refractivity contribution < 1.29 is 9.53 Å². The van der Waals surface area contributed by atoms with Crippen molar-refractivity contribution in [2.45, 2.75) is 18.9 Å². The second kappa shape index (κ2) is 6.35. The van der Waals surface area contributed by atoms with Crippen LogP contribution in [-0.2, 0) is 4.79 Å². The molecule has 1 aliphatic rings. The smallest absolute Gasteiger partial charge is 0.261 e. The van der Waals surface area contributed by atoms with Gasteiger partial charge in [-0.25, -0.2) is 0 Å². The molecular weight excluding hydrogens is 332 g/mol. The predicted molar refractivity (Wildman–Crippen MR) is 84.1 cm³/mol. The molecule has 1 amide bonds. The lowest BCUT2D eigenvalue weighted by molar-refractivity contribution is -0.134. The molecule has 0 radical (unpaired) electrons. The fourth-order valence-electron chi connectivity index (χ4n) is 2.70. The minimum Gasteiger partial charge on any atom is -0.484 e. The highest BCUT2D eigenvalue weighted by atomic mass is 79.9. The number of benzene rings is 1. The van der Waals surface area contributed by atoms with Gasteiger partial charge in [-0.15, -0.1) is 0 Å². The molecule has 2 heterocycles. The molecule has 0 aliphatic carbocycles. The van der Waals surface area contributed by atoms with Gasteiger partial charge in [0.2, 0.25) is 0 Å². The van der Waals surface area contributed by atoms with Gasteiger partial charge in [0, 0.05) is 22.9 Å². The van der Waals surface area contributed by atoms with Gasteiger partial charge in [-0.3, -0.25) is 4.79 Å². The van der Waals surface area contributed by atoms with Gasteiger partial charge in [0.05, 0.1) is 6.04 Å². The monoisotopic (exact) mass is 348 g/mol. The van der Waals surface area contributed by atoms with E-state index < -0.39 is 0 Å². The normalized spacial score (nSPS) is 18.0. The Morgan fingerprint density at radius 2 is 2.14 bits per heavy atom. The summed E-state index contributed by atoms with van der Waals surface area (Å²) in [5.41, 5.74) is 1.10. The molecule has 1 N–H and O–H groups in total. The van der Waals surface area contributed by atoms with Crippen molar-refractivity contribution in [3.63, 3.8) is 0 Å². The Labute approximate surface area is 132 Å². The number of amides is 1. The second-order valence-corrected chi connectivity index (χ2v) is 6.03. The molecule has 110 valence electrons. The van der Waals surface area contributed by atoms with E-state index in [0.717, 1.165) is 29.6 Å². The topological polar surface area (TPSA) is 45.3 Å². The number of likely N-dealkylation sites (tertiary alicyclic amines) is 1. The average Bonchev–Trinajstić information content (AvgIpc) is 3.16. The maximum Gasteiger partial charge on any atom is 0.261 e. The van der Waals surface area contributed by atoms with Crippen molar-refractivity contribution in [3.05, 3.63) is 52.8 Å². The average molecular weight is 349 g/mol. The molecule has 0 unspecified atom stereocenters. The van der Waals surface area contributed by atoms with Crippen LogP contribution >= 0.6 is 15.9 Å². The third-order valence-corrected chi connectivity index (χ3v) is 4.26. The number of hydrogen-bond donors (Lipinski definition) is 1. The van der Waals surface area contributed by atoms with Gasteiger partial charge >= 0.3 is 0 Å². The Kier molecular flexibility index (Phi) is 4.29. The molecule has 1 fully saturated rings. The highest BCUT2D eigenvalue weighted by Crippen LogP contribution is 2.30. The fourth-order valence-corrected chi connectivity index (χ4v) is 2.96. The van der Waals surface area contributed by atoms with Crippen LogP contribution in [0.2, 0.25) is 0 Å². The maximum absolute atomic E-state index is 12.4. The summed E-state index contributed by atoms with van der Waals surface area (Å²) in [4.78, 5) is 17.5. The summed E-state index contributed by atoms with van der Waals surface area (Å²) in [5, 5.41) is 0. The van der Waals surface area contributed by atoms with E-state index in [1.165, 1.54) is 0 Å². The molecule has 0 saturated carbocycles. The molecule has 1 aliphatic heterocycles. The van der Waals surface area contributed by atoms with Crippen LogP contribution in [0, 0.1) is 0 Å². The number of carbonyl (C=O) groups is 1. The largest absolute Gasteiger partial charge is 0.484 e. The van der Waals surface area contributed by atoms with E-state index in [2.05, 4.69) is 20.9 Å². The predicted octanol–water partition coefficient (Wildman–Crippen LogP) is 3.52. The maximum atomic E-state index is 12.4. The van der Waals surface area contributed by atoms with Gasteiger partial charge in [-0.2, -0.15) is 0 Å². The van der Waals surface area contributed by atoms with Crippen molar-refractivity contribution in [1.82, 2.24) is 9.88 Å². The van der Waals surface area contributed by atoms with E-state index >= 15 is 0 Å². The molecule has 1 aromatic carbocycles. The van der Waals surface area contributed by atoms with Crippen molar-refractivity contribution in [1.29, 1.82) is 0 Å². The van der Waals surface area contributed by atoms with E-state index in [0.29, 0.717) is 5.75 Å². The lowest BCUT2D eigenvalue weighted by Crippen LogP contribution is -2.34. The molecule has 4 nitrogen and oxygen atoms in total. The standard InChI is InChI=1S/C16H17BrN2O2/c17-12-5-7-13(8-6-12)21-11-16(20)19-10-2-4-15(19)14-3-1-9-18-14/h1,3,5-9,15,18H,2,4,10-11H2/t15-/m1/s1. The van der Waals surface area contributed by atoms with Crippen molar-refractivity contribution in [3.8, 4) is 5.75 Å². The highest BCUT2D eigenvalue weighted by Gasteiger charge is 2.30. The minimum atomic E-state index is 0.0371. The van der Waals surface area contributed by atoms with Crippen LogP contribution in [0.15, 0.2) is 47.1 Å². The first-order valence-electron chi connectivity index (χ1n) is 7.05. The van der Waals surface area contributed by atoms with E-state index in [4.69, 9.17) is 4.74 Å². The molecule has 1 saturated heterocycles. The molecule has 21 heavy (non-hydrogen) atoms. The molecule has 0 spiro atoms. The van der Waals surface area contributed by atoms with Crippen LogP contribution in [-0.4, -0.2) is 28.9 Å².